The number of hydrogen-bond donors (Lipinski definition) is 0. The lowest BCUT2D eigenvalue weighted by atomic mass is 9.96. The molecule has 1 heterocycles. The van der Waals surface area contributed by atoms with E-state index in [1.807, 2.05) is 0 Å². The average molecular weight is 191 g/mol. The van der Waals surface area contributed by atoms with E-state index in [0.29, 0.717) is 0 Å². The van der Waals surface area contributed by atoms with Crippen LogP contribution in [0.1, 0.15) is 27.2 Å². The number of allylic oxidation sites excluding steroid dienone is 3. The molecule has 0 aromatic heterocycles. The van der Waals surface area contributed by atoms with Crippen molar-refractivity contribution in [3.63, 3.8) is 0 Å². The van der Waals surface area contributed by atoms with Gasteiger partial charge in [0.1, 0.15) is 0 Å². The molecule has 0 aromatic carbocycles. The predicted octanol–water partition coefficient (Wildman–Crippen LogP) is 3.16. The van der Waals surface area contributed by atoms with E-state index in [-0.39, 0.29) is 0 Å². The molecule has 1 nitrogen and oxygen atoms in total. The summed E-state index contributed by atoms with van der Waals surface area (Å²) in [6.45, 7) is 13.8. The molecule has 1 saturated heterocycles. The Bertz CT molecular complexity index is 271. The molecule has 0 spiro atoms. The smallest absolute Gasteiger partial charge is 0.0236 e. The van der Waals surface area contributed by atoms with Gasteiger partial charge in [0.15, 0.2) is 0 Å². The molecule has 0 saturated carbocycles. The maximum absolute atomic E-state index is 3.95. The molecule has 14 heavy (non-hydrogen) atoms. The Labute approximate surface area is 87.8 Å². The summed E-state index contributed by atoms with van der Waals surface area (Å²) in [5.74, 6) is 0. The van der Waals surface area contributed by atoms with Crippen molar-refractivity contribution < 1.29 is 0 Å². The van der Waals surface area contributed by atoms with Crippen LogP contribution in [0.4, 0.5) is 0 Å². The Balaban J connectivity index is 2.81. The van der Waals surface area contributed by atoms with Crippen LogP contribution in [0.2, 0.25) is 0 Å². The molecule has 0 N–H and O–H groups in total. The van der Waals surface area contributed by atoms with Crippen molar-refractivity contribution in [3.05, 3.63) is 35.5 Å². The highest BCUT2D eigenvalue weighted by atomic mass is 15.1. The molecule has 0 bridgehead atoms. The van der Waals surface area contributed by atoms with Crippen molar-refractivity contribution >= 4 is 0 Å². The van der Waals surface area contributed by atoms with E-state index in [0.717, 1.165) is 18.7 Å². The standard InChI is InChI=1S/C13H21N/c1-5-12-7-8-14(6-2)10-13(12)9-11(3)4/h5,9H,3,6-8,10H2,1-2,4H3/b12-5-,13-9-. The minimum atomic E-state index is 1.09. The topological polar surface area (TPSA) is 3.24 Å². The van der Waals surface area contributed by atoms with E-state index >= 15 is 0 Å². The first-order chi connectivity index (χ1) is 6.67. The van der Waals surface area contributed by atoms with Crippen LogP contribution in [0.5, 0.6) is 0 Å². The Kier molecular flexibility index (Phi) is 4.15. The summed E-state index contributed by atoms with van der Waals surface area (Å²) < 4.78 is 0. The second kappa shape index (κ2) is 5.16. The number of rotatable bonds is 2. The van der Waals surface area contributed by atoms with Crippen LogP contribution >= 0.6 is 0 Å². The van der Waals surface area contributed by atoms with Gasteiger partial charge in [0.25, 0.3) is 0 Å². The fourth-order valence-corrected chi connectivity index (χ4v) is 1.90. The van der Waals surface area contributed by atoms with E-state index < -0.39 is 0 Å². The van der Waals surface area contributed by atoms with Gasteiger partial charge < -0.3 is 0 Å². The second-order valence-electron chi connectivity index (χ2n) is 3.95. The highest BCUT2D eigenvalue weighted by molar-refractivity contribution is 5.38. The normalized spacial score (nSPS) is 24.5. The number of likely N-dealkylation sites (tertiary alicyclic amines) is 1. The highest BCUT2D eigenvalue weighted by Crippen LogP contribution is 2.22. The first-order valence-electron chi connectivity index (χ1n) is 5.41. The third-order valence-corrected chi connectivity index (χ3v) is 2.72. The fourth-order valence-electron chi connectivity index (χ4n) is 1.90. The predicted molar refractivity (Wildman–Crippen MR) is 63.4 cm³/mol. The van der Waals surface area contributed by atoms with Gasteiger partial charge in [-0.3, -0.25) is 4.90 Å². The summed E-state index contributed by atoms with van der Waals surface area (Å²) >= 11 is 0. The van der Waals surface area contributed by atoms with Crippen LogP contribution in [-0.4, -0.2) is 24.5 Å². The lowest BCUT2D eigenvalue weighted by Crippen LogP contribution is -2.32. The summed E-state index contributed by atoms with van der Waals surface area (Å²) in [4.78, 5) is 2.47. The number of nitrogens with zero attached hydrogens (tertiary/aromatic N) is 1. The van der Waals surface area contributed by atoms with Crippen molar-refractivity contribution in [2.24, 2.45) is 0 Å². The van der Waals surface area contributed by atoms with Crippen LogP contribution < -0.4 is 0 Å². The minimum Gasteiger partial charge on any atom is -0.299 e. The van der Waals surface area contributed by atoms with Gasteiger partial charge in [0.2, 0.25) is 0 Å². The zero-order chi connectivity index (χ0) is 10.6. The Hall–Kier alpha value is -0.820. The van der Waals surface area contributed by atoms with E-state index in [4.69, 9.17) is 0 Å². The lowest BCUT2D eigenvalue weighted by molar-refractivity contribution is 0.300. The Morgan fingerprint density at radius 3 is 2.71 bits per heavy atom. The zero-order valence-electron chi connectivity index (χ0n) is 9.64. The molecule has 0 atom stereocenters. The van der Waals surface area contributed by atoms with E-state index in [2.05, 4.69) is 44.4 Å². The quantitative estimate of drug-likeness (QED) is 0.648. The fraction of sp³-hybridized carbons (Fsp3) is 0.538. The van der Waals surface area contributed by atoms with Crippen molar-refractivity contribution in [1.82, 2.24) is 4.90 Å². The van der Waals surface area contributed by atoms with Gasteiger partial charge >= 0.3 is 0 Å². The van der Waals surface area contributed by atoms with E-state index in [1.54, 1.807) is 0 Å². The van der Waals surface area contributed by atoms with Crippen molar-refractivity contribution in [2.45, 2.75) is 27.2 Å². The van der Waals surface area contributed by atoms with Gasteiger partial charge in [0.05, 0.1) is 0 Å². The van der Waals surface area contributed by atoms with Crippen molar-refractivity contribution in [2.75, 3.05) is 19.6 Å². The van der Waals surface area contributed by atoms with Gasteiger partial charge in [-0.2, -0.15) is 0 Å². The largest absolute Gasteiger partial charge is 0.299 e. The highest BCUT2D eigenvalue weighted by Gasteiger charge is 2.15. The van der Waals surface area contributed by atoms with Gasteiger partial charge in [-0.15, -0.1) is 0 Å². The lowest BCUT2D eigenvalue weighted by Gasteiger charge is -2.29. The summed E-state index contributed by atoms with van der Waals surface area (Å²) in [6.07, 6.45) is 5.64. The number of likely N-dealkylation sites (N-methyl/N-ethyl adjacent to an activating group) is 1. The molecule has 1 aliphatic rings. The van der Waals surface area contributed by atoms with Crippen LogP contribution in [0.15, 0.2) is 35.5 Å². The van der Waals surface area contributed by atoms with Crippen LogP contribution in [-0.2, 0) is 0 Å². The molecule has 1 rings (SSSR count). The third-order valence-electron chi connectivity index (χ3n) is 2.72. The molecule has 0 radical (unpaired) electrons. The Morgan fingerprint density at radius 2 is 2.21 bits per heavy atom. The van der Waals surface area contributed by atoms with Gasteiger partial charge in [0, 0.05) is 13.1 Å². The molecule has 1 heteroatoms. The molecular weight excluding hydrogens is 170 g/mol. The van der Waals surface area contributed by atoms with Crippen LogP contribution in [0, 0.1) is 0 Å². The van der Waals surface area contributed by atoms with Gasteiger partial charge in [-0.05, 0) is 38.0 Å². The van der Waals surface area contributed by atoms with Crippen LogP contribution in [0.25, 0.3) is 0 Å². The maximum atomic E-state index is 3.95. The number of piperidine rings is 1. The minimum absolute atomic E-state index is 1.09. The summed E-state index contributed by atoms with van der Waals surface area (Å²) in [5, 5.41) is 0. The van der Waals surface area contributed by atoms with Gasteiger partial charge in [-0.1, -0.05) is 31.2 Å². The molecule has 0 aromatic rings. The Morgan fingerprint density at radius 1 is 1.50 bits per heavy atom. The van der Waals surface area contributed by atoms with Crippen LogP contribution in [0.3, 0.4) is 0 Å². The maximum Gasteiger partial charge on any atom is 0.0236 e. The molecule has 0 aliphatic carbocycles. The second-order valence-corrected chi connectivity index (χ2v) is 3.95. The first-order valence-corrected chi connectivity index (χ1v) is 5.41. The third kappa shape index (κ3) is 2.85. The van der Waals surface area contributed by atoms with Gasteiger partial charge in [-0.25, -0.2) is 0 Å². The number of hydrogen-bond acceptors (Lipinski definition) is 1. The molecular formula is C13H21N. The molecule has 1 fully saturated rings. The molecule has 1 aliphatic heterocycles. The van der Waals surface area contributed by atoms with E-state index in [9.17, 15) is 0 Å². The summed E-state index contributed by atoms with van der Waals surface area (Å²) in [5.41, 5.74) is 4.10. The molecule has 78 valence electrons. The monoisotopic (exact) mass is 191 g/mol. The molecule has 0 amide bonds. The van der Waals surface area contributed by atoms with Crippen molar-refractivity contribution in [1.29, 1.82) is 0 Å². The zero-order valence-corrected chi connectivity index (χ0v) is 9.64. The SMILES string of the molecule is C=C(C)/C=C1/CN(CC)CC/C1=C/C. The van der Waals surface area contributed by atoms with Crippen molar-refractivity contribution in [3.8, 4) is 0 Å². The first kappa shape index (κ1) is 11.3. The summed E-state index contributed by atoms with van der Waals surface area (Å²) in [7, 11) is 0. The summed E-state index contributed by atoms with van der Waals surface area (Å²) in [6, 6.07) is 0. The van der Waals surface area contributed by atoms with E-state index in [1.165, 1.54) is 24.1 Å². The molecule has 0 unspecified atom stereocenters. The average Bonchev–Trinajstić information content (AvgIpc) is 2.16.